The van der Waals surface area contributed by atoms with E-state index in [0.29, 0.717) is 0 Å². The van der Waals surface area contributed by atoms with Crippen molar-refractivity contribution in [3.8, 4) is 0 Å². The summed E-state index contributed by atoms with van der Waals surface area (Å²) in [5.74, 6) is 1.68. The topological polar surface area (TPSA) is 48.9 Å². The molecule has 1 aliphatic rings. The monoisotopic (exact) mass is 318 g/mol. The van der Waals surface area contributed by atoms with E-state index in [2.05, 4.69) is 58.9 Å². The Hall–Kier alpha value is -1.75. The van der Waals surface area contributed by atoms with Gasteiger partial charge in [0.1, 0.15) is 0 Å². The van der Waals surface area contributed by atoms with Crippen molar-refractivity contribution in [2.45, 2.75) is 25.8 Å². The Morgan fingerprint density at radius 3 is 2.83 bits per heavy atom. The Balaban J connectivity index is 1.63. The summed E-state index contributed by atoms with van der Waals surface area (Å²) in [6, 6.07) is 8.50. The Bertz CT molecular complexity index is 498. The third kappa shape index (κ3) is 6.91. The minimum Gasteiger partial charge on any atom is -0.381 e. The lowest BCUT2D eigenvalue weighted by Gasteiger charge is -2.15. The van der Waals surface area contributed by atoms with Crippen LogP contribution in [0.25, 0.3) is 0 Å². The molecule has 0 heterocycles. The molecule has 5 heteroatoms. The summed E-state index contributed by atoms with van der Waals surface area (Å²) in [7, 11) is 5.91. The average molecular weight is 318 g/mol. The fourth-order valence-electron chi connectivity index (χ4n) is 2.27. The van der Waals surface area contributed by atoms with Crippen LogP contribution in [0.4, 0.5) is 5.69 Å². The molecule has 23 heavy (non-hydrogen) atoms. The van der Waals surface area contributed by atoms with E-state index in [1.807, 2.05) is 0 Å². The van der Waals surface area contributed by atoms with Gasteiger partial charge in [0, 0.05) is 53.1 Å². The van der Waals surface area contributed by atoms with Gasteiger partial charge in [-0.15, -0.1) is 0 Å². The smallest absolute Gasteiger partial charge is 0.191 e. The van der Waals surface area contributed by atoms with Crippen LogP contribution in [0.3, 0.4) is 0 Å². The highest BCUT2D eigenvalue weighted by Crippen LogP contribution is 2.28. The molecule has 0 unspecified atom stereocenters. The van der Waals surface area contributed by atoms with E-state index in [-0.39, 0.29) is 0 Å². The van der Waals surface area contributed by atoms with Crippen LogP contribution in [-0.2, 0) is 11.3 Å². The van der Waals surface area contributed by atoms with Crippen LogP contribution in [-0.4, -0.2) is 46.9 Å². The summed E-state index contributed by atoms with van der Waals surface area (Å²) < 4.78 is 5.63. The molecule has 1 aromatic rings. The Morgan fingerprint density at radius 2 is 2.13 bits per heavy atom. The molecule has 1 aromatic carbocycles. The number of hydrogen-bond acceptors (Lipinski definition) is 3. The van der Waals surface area contributed by atoms with Gasteiger partial charge < -0.3 is 20.3 Å². The van der Waals surface area contributed by atoms with Gasteiger partial charge >= 0.3 is 0 Å². The summed E-state index contributed by atoms with van der Waals surface area (Å²) in [6.45, 7) is 3.40. The van der Waals surface area contributed by atoms with E-state index in [4.69, 9.17) is 4.74 Å². The fraction of sp³-hybridized carbons (Fsp3) is 0.611. The number of nitrogens with zero attached hydrogens (tertiary/aromatic N) is 2. The van der Waals surface area contributed by atoms with Crippen LogP contribution in [0, 0.1) is 5.92 Å². The first-order chi connectivity index (χ1) is 11.2. The highest BCUT2D eigenvalue weighted by Gasteiger charge is 2.20. The van der Waals surface area contributed by atoms with E-state index < -0.39 is 0 Å². The molecule has 0 bridgehead atoms. The summed E-state index contributed by atoms with van der Waals surface area (Å²) in [6.07, 6.45) is 3.71. The number of nitrogens with one attached hydrogen (secondary N) is 2. The van der Waals surface area contributed by atoms with Gasteiger partial charge in [-0.1, -0.05) is 12.1 Å². The molecule has 0 spiro atoms. The van der Waals surface area contributed by atoms with Gasteiger partial charge in [0.15, 0.2) is 5.96 Å². The van der Waals surface area contributed by atoms with Crippen molar-refractivity contribution < 1.29 is 4.74 Å². The van der Waals surface area contributed by atoms with Crippen molar-refractivity contribution in [1.29, 1.82) is 0 Å². The average Bonchev–Trinajstić information content (AvgIpc) is 3.38. The number of benzene rings is 1. The molecule has 128 valence electrons. The van der Waals surface area contributed by atoms with Crippen LogP contribution in [0.15, 0.2) is 29.3 Å². The molecule has 1 fully saturated rings. The second-order valence-electron chi connectivity index (χ2n) is 6.29. The number of hydrogen-bond donors (Lipinski definition) is 2. The molecule has 2 rings (SSSR count). The van der Waals surface area contributed by atoms with Gasteiger partial charge in [-0.25, -0.2) is 0 Å². The highest BCUT2D eigenvalue weighted by molar-refractivity contribution is 5.79. The standard InChI is InChI=1S/C18H30N4O/c1-19-18(20-10-5-11-23-14-15-8-9-15)21-13-16-6-4-7-17(12-16)22(2)3/h4,6-7,12,15H,5,8-11,13-14H2,1-3H3,(H2,19,20,21). The number of guanidine groups is 1. The molecule has 0 aromatic heterocycles. The molecule has 5 nitrogen and oxygen atoms in total. The zero-order valence-corrected chi connectivity index (χ0v) is 14.6. The van der Waals surface area contributed by atoms with Crippen molar-refractivity contribution in [2.75, 3.05) is 45.8 Å². The van der Waals surface area contributed by atoms with E-state index in [0.717, 1.165) is 44.6 Å². The van der Waals surface area contributed by atoms with Crippen LogP contribution in [0.1, 0.15) is 24.8 Å². The minimum atomic E-state index is 0.763. The Labute approximate surface area is 140 Å². The molecule has 1 aliphatic carbocycles. The predicted octanol–water partition coefficient (Wildman–Crippen LogP) is 2.23. The predicted molar refractivity (Wildman–Crippen MR) is 97.1 cm³/mol. The maximum absolute atomic E-state index is 5.63. The van der Waals surface area contributed by atoms with E-state index in [1.165, 1.54) is 24.1 Å². The van der Waals surface area contributed by atoms with E-state index >= 15 is 0 Å². The Kier molecular flexibility index (Phi) is 7.20. The quantitative estimate of drug-likeness (QED) is 0.416. The van der Waals surface area contributed by atoms with Gasteiger partial charge in [0.2, 0.25) is 0 Å². The second kappa shape index (κ2) is 9.40. The van der Waals surface area contributed by atoms with Crippen molar-refractivity contribution in [2.24, 2.45) is 10.9 Å². The molecule has 0 atom stereocenters. The summed E-state index contributed by atoms with van der Waals surface area (Å²) >= 11 is 0. The normalized spacial score (nSPS) is 14.7. The number of ether oxygens (including phenoxy) is 1. The van der Waals surface area contributed by atoms with Crippen LogP contribution >= 0.6 is 0 Å². The summed E-state index contributed by atoms with van der Waals surface area (Å²) in [5.41, 5.74) is 2.45. The highest BCUT2D eigenvalue weighted by atomic mass is 16.5. The lowest BCUT2D eigenvalue weighted by Crippen LogP contribution is -2.37. The third-order valence-electron chi connectivity index (χ3n) is 3.92. The SMILES string of the molecule is CN=C(NCCCOCC1CC1)NCc1cccc(N(C)C)c1. The van der Waals surface area contributed by atoms with Crippen LogP contribution < -0.4 is 15.5 Å². The number of anilines is 1. The molecule has 0 saturated heterocycles. The molecular weight excluding hydrogens is 288 g/mol. The first-order valence-electron chi connectivity index (χ1n) is 8.47. The minimum absolute atomic E-state index is 0.763. The van der Waals surface area contributed by atoms with Gasteiger partial charge in [-0.05, 0) is 42.9 Å². The first-order valence-corrected chi connectivity index (χ1v) is 8.47. The zero-order chi connectivity index (χ0) is 16.5. The molecule has 0 aliphatic heterocycles. The summed E-state index contributed by atoms with van der Waals surface area (Å²) in [5, 5.41) is 6.68. The van der Waals surface area contributed by atoms with Crippen LogP contribution in [0.2, 0.25) is 0 Å². The van der Waals surface area contributed by atoms with Crippen molar-refractivity contribution in [3.05, 3.63) is 29.8 Å². The van der Waals surface area contributed by atoms with E-state index in [9.17, 15) is 0 Å². The lowest BCUT2D eigenvalue weighted by molar-refractivity contribution is 0.123. The number of rotatable bonds is 9. The van der Waals surface area contributed by atoms with Gasteiger partial charge in [-0.2, -0.15) is 0 Å². The zero-order valence-electron chi connectivity index (χ0n) is 14.6. The van der Waals surface area contributed by atoms with Crippen molar-refractivity contribution >= 4 is 11.6 Å². The Morgan fingerprint density at radius 1 is 1.30 bits per heavy atom. The maximum atomic E-state index is 5.63. The van der Waals surface area contributed by atoms with Gasteiger partial charge in [0.25, 0.3) is 0 Å². The van der Waals surface area contributed by atoms with Crippen molar-refractivity contribution in [3.63, 3.8) is 0 Å². The first kappa shape index (κ1) is 17.6. The summed E-state index contributed by atoms with van der Waals surface area (Å²) in [4.78, 5) is 6.37. The fourth-order valence-corrected chi connectivity index (χ4v) is 2.27. The van der Waals surface area contributed by atoms with Gasteiger partial charge in [-0.3, -0.25) is 4.99 Å². The number of aliphatic imine (C=N–C) groups is 1. The molecule has 0 radical (unpaired) electrons. The largest absolute Gasteiger partial charge is 0.381 e. The maximum Gasteiger partial charge on any atom is 0.191 e. The lowest BCUT2D eigenvalue weighted by atomic mass is 10.2. The molecular formula is C18H30N4O. The molecule has 1 saturated carbocycles. The molecule has 0 amide bonds. The van der Waals surface area contributed by atoms with Crippen LogP contribution in [0.5, 0.6) is 0 Å². The van der Waals surface area contributed by atoms with E-state index in [1.54, 1.807) is 7.05 Å². The third-order valence-corrected chi connectivity index (χ3v) is 3.92. The van der Waals surface area contributed by atoms with Gasteiger partial charge in [0.05, 0.1) is 0 Å². The second-order valence-corrected chi connectivity index (χ2v) is 6.29. The van der Waals surface area contributed by atoms with Crippen molar-refractivity contribution in [1.82, 2.24) is 10.6 Å². The molecule has 2 N–H and O–H groups in total.